The maximum Gasteiger partial charge on any atom is 0.235 e. The van der Waals surface area contributed by atoms with Crippen LogP contribution in [0.3, 0.4) is 0 Å². The van der Waals surface area contributed by atoms with E-state index < -0.39 is 15.9 Å². The molecule has 0 saturated heterocycles. The molecular formula is C20H35FN2O3S. The lowest BCUT2D eigenvalue weighted by atomic mass is 9.95. The van der Waals surface area contributed by atoms with Crippen molar-refractivity contribution in [1.29, 1.82) is 0 Å². The molecule has 0 fully saturated rings. The first-order chi connectivity index (χ1) is 12.8. The highest BCUT2D eigenvalue weighted by Crippen LogP contribution is 2.27. The van der Waals surface area contributed by atoms with Gasteiger partial charge in [-0.05, 0) is 50.3 Å². The van der Waals surface area contributed by atoms with E-state index in [9.17, 15) is 17.9 Å². The van der Waals surface area contributed by atoms with Gasteiger partial charge in [0.05, 0.1) is 18.6 Å². The van der Waals surface area contributed by atoms with Crippen molar-refractivity contribution >= 4 is 15.7 Å². The fraction of sp³-hybridized carbons (Fsp3) is 0.700. The Kier molecular flexibility index (Phi) is 10.3. The lowest BCUT2D eigenvalue weighted by molar-refractivity contribution is 0.00804. The molecule has 7 heteroatoms. The summed E-state index contributed by atoms with van der Waals surface area (Å²) in [5.41, 5.74) is 0.429. The first-order valence-electron chi connectivity index (χ1n) is 9.87. The van der Waals surface area contributed by atoms with Gasteiger partial charge in [-0.25, -0.2) is 12.7 Å². The molecule has 2 unspecified atom stereocenters. The summed E-state index contributed by atoms with van der Waals surface area (Å²) in [4.78, 5) is 0. The smallest absolute Gasteiger partial charge is 0.235 e. The van der Waals surface area contributed by atoms with Gasteiger partial charge in [0.1, 0.15) is 0 Å². The summed E-state index contributed by atoms with van der Waals surface area (Å²) in [6, 6.07) is 8.65. The van der Waals surface area contributed by atoms with Crippen LogP contribution in [0.2, 0.25) is 0 Å². The van der Waals surface area contributed by atoms with Gasteiger partial charge >= 0.3 is 0 Å². The quantitative estimate of drug-likeness (QED) is 0.364. The van der Waals surface area contributed by atoms with Crippen molar-refractivity contribution in [2.24, 2.45) is 5.92 Å². The maximum atomic E-state index is 12.4. The maximum absolute atomic E-state index is 12.4. The second kappa shape index (κ2) is 11.6. The molecule has 1 aromatic rings. The zero-order valence-corrected chi connectivity index (χ0v) is 17.6. The molecule has 0 saturated carbocycles. The second-order valence-corrected chi connectivity index (χ2v) is 8.94. The van der Waals surface area contributed by atoms with Crippen molar-refractivity contribution in [3.63, 3.8) is 0 Å². The van der Waals surface area contributed by atoms with Gasteiger partial charge in [-0.3, -0.25) is 9.71 Å². The van der Waals surface area contributed by atoms with Crippen molar-refractivity contribution in [2.45, 2.75) is 64.6 Å². The predicted octanol–water partition coefficient (Wildman–Crippen LogP) is 4.04. The standard InChI is InChI=1S/C20H35FN2O3S/c1-4-15-20(24,22-17-10-12-18(5-2)11-9-16-21)23(27(3,25)26)19-13-7-6-8-14-19/h6-8,13-14,18,22,24H,4-5,9-12,15-17H2,1-3H3. The molecule has 27 heavy (non-hydrogen) atoms. The van der Waals surface area contributed by atoms with E-state index in [1.807, 2.05) is 6.92 Å². The van der Waals surface area contributed by atoms with Gasteiger partial charge < -0.3 is 5.11 Å². The minimum Gasteiger partial charge on any atom is -0.358 e. The molecule has 2 atom stereocenters. The summed E-state index contributed by atoms with van der Waals surface area (Å²) in [5.74, 6) is -1.22. The van der Waals surface area contributed by atoms with Gasteiger partial charge in [0.2, 0.25) is 15.9 Å². The lowest BCUT2D eigenvalue weighted by Crippen LogP contribution is -2.61. The number of nitrogens with one attached hydrogen (secondary N) is 1. The van der Waals surface area contributed by atoms with Crippen LogP contribution in [0.4, 0.5) is 10.1 Å². The first-order valence-corrected chi connectivity index (χ1v) is 11.7. The Morgan fingerprint density at radius 2 is 1.81 bits per heavy atom. The molecule has 0 amide bonds. The number of aliphatic hydroxyl groups is 1. The third-order valence-electron chi connectivity index (χ3n) is 4.78. The molecule has 0 aliphatic heterocycles. The topological polar surface area (TPSA) is 69.6 Å². The van der Waals surface area contributed by atoms with Crippen LogP contribution in [-0.4, -0.2) is 38.8 Å². The van der Waals surface area contributed by atoms with E-state index in [0.717, 1.165) is 36.2 Å². The van der Waals surface area contributed by atoms with E-state index in [1.165, 1.54) is 0 Å². The van der Waals surface area contributed by atoms with Gasteiger partial charge in [-0.1, -0.05) is 44.9 Å². The molecule has 0 spiro atoms. The van der Waals surface area contributed by atoms with Crippen molar-refractivity contribution in [1.82, 2.24) is 5.32 Å². The summed E-state index contributed by atoms with van der Waals surface area (Å²) in [6.07, 6.45) is 6.17. The van der Waals surface area contributed by atoms with Crippen LogP contribution < -0.4 is 9.62 Å². The first kappa shape index (κ1) is 23.9. The van der Waals surface area contributed by atoms with Crippen LogP contribution in [0.1, 0.15) is 58.8 Å². The highest BCUT2D eigenvalue weighted by atomic mass is 32.2. The summed E-state index contributed by atoms with van der Waals surface area (Å²) in [6.45, 7) is 4.21. The van der Waals surface area contributed by atoms with Gasteiger partial charge in [0.15, 0.2) is 0 Å². The van der Waals surface area contributed by atoms with Crippen LogP contribution in [0.15, 0.2) is 30.3 Å². The van der Waals surface area contributed by atoms with E-state index in [2.05, 4.69) is 12.2 Å². The molecule has 0 bridgehead atoms. The van der Waals surface area contributed by atoms with E-state index in [1.54, 1.807) is 30.3 Å². The molecule has 156 valence electrons. The number of rotatable bonds is 14. The second-order valence-electron chi connectivity index (χ2n) is 7.10. The number of sulfonamides is 1. The average molecular weight is 403 g/mol. The van der Waals surface area contributed by atoms with E-state index in [-0.39, 0.29) is 13.1 Å². The highest BCUT2D eigenvalue weighted by Gasteiger charge is 2.39. The molecule has 1 aromatic carbocycles. The molecule has 1 rings (SSSR count). The number of para-hydroxylation sites is 1. The van der Waals surface area contributed by atoms with Gasteiger partial charge in [0.25, 0.3) is 0 Å². The van der Waals surface area contributed by atoms with Crippen molar-refractivity contribution in [2.75, 3.05) is 23.8 Å². The number of anilines is 1. The summed E-state index contributed by atoms with van der Waals surface area (Å²) >= 11 is 0. The fourth-order valence-electron chi connectivity index (χ4n) is 3.45. The third-order valence-corrected chi connectivity index (χ3v) is 5.95. The molecule has 0 heterocycles. The molecule has 2 N–H and O–H groups in total. The largest absolute Gasteiger partial charge is 0.358 e. The Hall–Kier alpha value is -1.18. The van der Waals surface area contributed by atoms with E-state index in [4.69, 9.17) is 0 Å². The van der Waals surface area contributed by atoms with Crippen molar-refractivity contribution in [3.8, 4) is 0 Å². The van der Waals surface area contributed by atoms with Gasteiger partial charge in [-0.2, -0.15) is 0 Å². The molecule has 5 nitrogen and oxygen atoms in total. The third kappa shape index (κ3) is 7.76. The minimum atomic E-state index is -3.69. The Morgan fingerprint density at radius 1 is 1.19 bits per heavy atom. The molecule has 0 aliphatic carbocycles. The average Bonchev–Trinajstić information content (AvgIpc) is 2.61. The summed E-state index contributed by atoms with van der Waals surface area (Å²) in [5, 5.41) is 14.3. The number of hydrogen-bond acceptors (Lipinski definition) is 4. The SMILES string of the molecule is CCCC(O)(NCCCC(CC)CCCF)N(c1ccccc1)S(C)(=O)=O. The molecular weight excluding hydrogens is 367 g/mol. The van der Waals surface area contributed by atoms with Crippen LogP contribution >= 0.6 is 0 Å². The number of nitrogens with zero attached hydrogens (tertiary/aromatic N) is 1. The number of alkyl halides is 1. The number of hydrogen-bond donors (Lipinski definition) is 2. The van der Waals surface area contributed by atoms with Crippen molar-refractivity contribution in [3.05, 3.63) is 30.3 Å². The monoisotopic (exact) mass is 402 g/mol. The zero-order chi connectivity index (χ0) is 20.3. The lowest BCUT2D eigenvalue weighted by Gasteiger charge is -2.40. The van der Waals surface area contributed by atoms with E-state index in [0.29, 0.717) is 31.0 Å². The number of benzene rings is 1. The summed E-state index contributed by atoms with van der Waals surface area (Å²) in [7, 11) is -3.69. The van der Waals surface area contributed by atoms with Crippen LogP contribution in [0.25, 0.3) is 0 Å². The van der Waals surface area contributed by atoms with Gasteiger partial charge in [0, 0.05) is 6.42 Å². The van der Waals surface area contributed by atoms with Crippen molar-refractivity contribution < 1.29 is 17.9 Å². The van der Waals surface area contributed by atoms with E-state index >= 15 is 0 Å². The molecule has 0 aliphatic rings. The predicted molar refractivity (Wildman–Crippen MR) is 110 cm³/mol. The Bertz CT molecular complexity index is 627. The Morgan fingerprint density at radius 3 is 2.33 bits per heavy atom. The van der Waals surface area contributed by atoms with Gasteiger partial charge in [-0.15, -0.1) is 0 Å². The molecule has 0 radical (unpaired) electrons. The van der Waals surface area contributed by atoms with Crippen LogP contribution in [0, 0.1) is 5.92 Å². The number of halogens is 1. The normalized spacial score (nSPS) is 15.3. The fourth-order valence-corrected chi connectivity index (χ4v) is 4.66. The Balaban J connectivity index is 2.85. The zero-order valence-electron chi connectivity index (χ0n) is 16.8. The van der Waals surface area contributed by atoms with Crippen LogP contribution in [0.5, 0.6) is 0 Å². The Labute approximate surface area is 164 Å². The minimum absolute atomic E-state index is 0.272. The molecule has 0 aromatic heterocycles. The van der Waals surface area contributed by atoms with Crippen LogP contribution in [-0.2, 0) is 10.0 Å². The highest BCUT2D eigenvalue weighted by molar-refractivity contribution is 7.92. The summed E-state index contributed by atoms with van der Waals surface area (Å²) < 4.78 is 38.3.